The normalized spacial score (nSPS) is 11.1. The standard InChI is InChI=1S/C26H32P.HI/c1-5-6-7-20-27(24-14-8-21(2)9-15-24,25-16-10-22(3)11-17-25)26-18-12-23(4)13-19-26;/h8-19H,5-7,20H2,1-4H3;1H/q+1;/p-1. The molecule has 0 aromatic heterocycles. The van der Waals surface area contributed by atoms with Crippen molar-refractivity contribution in [3.05, 3.63) is 89.5 Å². The van der Waals surface area contributed by atoms with Gasteiger partial charge in [0.15, 0.2) is 0 Å². The van der Waals surface area contributed by atoms with E-state index in [0.717, 1.165) is 0 Å². The molecular formula is C26H32IP. The molecule has 0 fully saturated rings. The molecule has 0 amide bonds. The van der Waals surface area contributed by atoms with Gasteiger partial charge in [0.25, 0.3) is 0 Å². The molecule has 0 aliphatic carbocycles. The third kappa shape index (κ3) is 5.05. The fourth-order valence-electron chi connectivity index (χ4n) is 3.83. The summed E-state index contributed by atoms with van der Waals surface area (Å²) in [6, 6.07) is 28.0. The molecule has 0 spiro atoms. The molecule has 0 heterocycles. The monoisotopic (exact) mass is 502 g/mol. The first-order valence-electron chi connectivity index (χ1n) is 10.2. The molecule has 3 aromatic rings. The van der Waals surface area contributed by atoms with Gasteiger partial charge in [-0.2, -0.15) is 0 Å². The highest BCUT2D eigenvalue weighted by atomic mass is 127. The summed E-state index contributed by atoms with van der Waals surface area (Å²) in [7, 11) is -1.64. The van der Waals surface area contributed by atoms with Gasteiger partial charge >= 0.3 is 0 Å². The number of halogens is 1. The molecule has 3 rings (SSSR count). The first-order valence-corrected chi connectivity index (χ1v) is 12.1. The Morgan fingerprint density at radius 2 is 0.857 bits per heavy atom. The number of unbranched alkanes of at least 4 members (excludes halogenated alkanes) is 2. The van der Waals surface area contributed by atoms with E-state index in [9.17, 15) is 0 Å². The fraction of sp³-hybridized carbons (Fsp3) is 0.308. The topological polar surface area (TPSA) is 0 Å². The van der Waals surface area contributed by atoms with Gasteiger partial charge in [0.05, 0.1) is 6.16 Å². The molecule has 0 aliphatic heterocycles. The van der Waals surface area contributed by atoms with Crippen LogP contribution in [0.3, 0.4) is 0 Å². The van der Waals surface area contributed by atoms with E-state index in [-0.39, 0.29) is 24.0 Å². The van der Waals surface area contributed by atoms with Crippen LogP contribution < -0.4 is 39.9 Å². The van der Waals surface area contributed by atoms with Gasteiger partial charge in [0.1, 0.15) is 23.2 Å². The number of benzene rings is 3. The Labute approximate surface area is 189 Å². The highest BCUT2D eigenvalue weighted by molar-refractivity contribution is 7.95. The number of aryl methyl sites for hydroxylation is 3. The van der Waals surface area contributed by atoms with Gasteiger partial charge in [0.2, 0.25) is 0 Å². The van der Waals surface area contributed by atoms with E-state index in [0.29, 0.717) is 0 Å². The average molecular weight is 502 g/mol. The molecule has 0 saturated carbocycles. The van der Waals surface area contributed by atoms with Crippen LogP contribution in [0.25, 0.3) is 0 Å². The van der Waals surface area contributed by atoms with Crippen molar-refractivity contribution >= 4 is 23.2 Å². The zero-order valence-corrected chi connectivity index (χ0v) is 20.6. The summed E-state index contributed by atoms with van der Waals surface area (Å²) in [5, 5.41) is 4.53. The maximum Gasteiger partial charge on any atom is 0.112 e. The smallest absolute Gasteiger partial charge is 0.112 e. The molecule has 28 heavy (non-hydrogen) atoms. The zero-order chi connectivity index (χ0) is 19.3. The molecule has 3 aromatic carbocycles. The Morgan fingerprint density at radius 3 is 1.14 bits per heavy atom. The largest absolute Gasteiger partial charge is 1.00 e. The summed E-state index contributed by atoms with van der Waals surface area (Å²) in [5.41, 5.74) is 4.00. The maximum atomic E-state index is 2.38. The second-order valence-corrected chi connectivity index (χ2v) is 11.4. The quantitative estimate of drug-likeness (QED) is 0.265. The lowest BCUT2D eigenvalue weighted by Crippen LogP contribution is -3.00. The van der Waals surface area contributed by atoms with Gasteiger partial charge in [-0.1, -0.05) is 72.9 Å². The molecule has 0 aliphatic rings. The molecule has 148 valence electrons. The van der Waals surface area contributed by atoms with Crippen LogP contribution in [-0.4, -0.2) is 6.16 Å². The molecule has 2 heteroatoms. The number of rotatable bonds is 7. The van der Waals surface area contributed by atoms with E-state index in [1.54, 1.807) is 0 Å². The molecule has 0 bridgehead atoms. The van der Waals surface area contributed by atoms with Gasteiger partial charge < -0.3 is 24.0 Å². The van der Waals surface area contributed by atoms with E-state index >= 15 is 0 Å². The van der Waals surface area contributed by atoms with Crippen molar-refractivity contribution in [2.45, 2.75) is 47.0 Å². The van der Waals surface area contributed by atoms with Crippen LogP contribution in [0, 0.1) is 20.8 Å². The Hall–Kier alpha value is -1.18. The first kappa shape index (κ1) is 23.1. The highest BCUT2D eigenvalue weighted by Gasteiger charge is 2.44. The van der Waals surface area contributed by atoms with Gasteiger partial charge in [0, 0.05) is 0 Å². The van der Waals surface area contributed by atoms with Crippen LogP contribution >= 0.6 is 7.26 Å². The lowest BCUT2D eigenvalue weighted by Gasteiger charge is -2.28. The fourth-order valence-corrected chi connectivity index (χ4v) is 8.17. The van der Waals surface area contributed by atoms with Crippen molar-refractivity contribution in [3.63, 3.8) is 0 Å². The van der Waals surface area contributed by atoms with Gasteiger partial charge in [-0.25, -0.2) is 0 Å². The Balaban J connectivity index is 0.00000280. The minimum absolute atomic E-state index is 0. The third-order valence-corrected chi connectivity index (χ3v) is 10.0. The van der Waals surface area contributed by atoms with Crippen molar-refractivity contribution < 1.29 is 24.0 Å². The maximum absolute atomic E-state index is 2.38. The SMILES string of the molecule is CCCCC[P+](c1ccc(C)cc1)(c1ccc(C)cc1)c1ccc(C)cc1.[I-]. The van der Waals surface area contributed by atoms with Crippen LogP contribution in [-0.2, 0) is 0 Å². The second kappa shape index (κ2) is 10.6. The van der Waals surface area contributed by atoms with Crippen molar-refractivity contribution in [1.82, 2.24) is 0 Å². The summed E-state index contributed by atoms with van der Waals surface area (Å²) in [4.78, 5) is 0. The second-order valence-electron chi connectivity index (χ2n) is 7.75. The van der Waals surface area contributed by atoms with E-state index in [1.165, 1.54) is 58.0 Å². The molecule has 0 saturated heterocycles. The predicted octanol–water partition coefficient (Wildman–Crippen LogP) is 3.10. The molecule has 0 N–H and O–H groups in total. The minimum Gasteiger partial charge on any atom is -1.00 e. The average Bonchev–Trinajstić information content (AvgIpc) is 2.68. The molecular weight excluding hydrogens is 470 g/mol. The Morgan fingerprint density at radius 1 is 0.536 bits per heavy atom. The zero-order valence-electron chi connectivity index (χ0n) is 17.6. The lowest BCUT2D eigenvalue weighted by molar-refractivity contribution is -0.00000566. The van der Waals surface area contributed by atoms with E-state index in [1.807, 2.05) is 0 Å². The van der Waals surface area contributed by atoms with Crippen molar-refractivity contribution in [1.29, 1.82) is 0 Å². The molecule has 0 nitrogen and oxygen atoms in total. The molecule has 0 atom stereocenters. The van der Waals surface area contributed by atoms with Gasteiger partial charge in [-0.3, -0.25) is 0 Å². The van der Waals surface area contributed by atoms with Crippen LogP contribution in [0.4, 0.5) is 0 Å². The lowest BCUT2D eigenvalue weighted by atomic mass is 10.2. The molecule has 0 unspecified atom stereocenters. The summed E-state index contributed by atoms with van der Waals surface area (Å²) in [6.07, 6.45) is 5.08. The van der Waals surface area contributed by atoms with Crippen LogP contribution in [0.2, 0.25) is 0 Å². The highest BCUT2D eigenvalue weighted by Crippen LogP contribution is 2.56. The van der Waals surface area contributed by atoms with E-state index in [2.05, 4.69) is 100 Å². The van der Waals surface area contributed by atoms with Crippen LogP contribution in [0.1, 0.15) is 42.9 Å². The first-order chi connectivity index (χ1) is 13.1. The number of hydrogen-bond acceptors (Lipinski definition) is 0. The van der Waals surface area contributed by atoms with E-state index < -0.39 is 7.26 Å². The summed E-state index contributed by atoms with van der Waals surface area (Å²) >= 11 is 0. The van der Waals surface area contributed by atoms with Crippen LogP contribution in [0.15, 0.2) is 72.8 Å². The summed E-state index contributed by atoms with van der Waals surface area (Å²) in [6.45, 7) is 8.83. The van der Waals surface area contributed by atoms with Gasteiger partial charge in [-0.05, 0) is 63.6 Å². The van der Waals surface area contributed by atoms with Crippen molar-refractivity contribution in [2.75, 3.05) is 6.16 Å². The Bertz CT molecular complexity index is 738. The minimum atomic E-state index is -1.64. The van der Waals surface area contributed by atoms with Crippen molar-refractivity contribution in [2.24, 2.45) is 0 Å². The number of hydrogen-bond donors (Lipinski definition) is 0. The van der Waals surface area contributed by atoms with E-state index in [4.69, 9.17) is 0 Å². The van der Waals surface area contributed by atoms with Gasteiger partial charge in [-0.15, -0.1) is 0 Å². The Kier molecular flexibility index (Phi) is 8.71. The third-order valence-electron chi connectivity index (χ3n) is 5.52. The van der Waals surface area contributed by atoms with Crippen LogP contribution in [0.5, 0.6) is 0 Å². The summed E-state index contributed by atoms with van der Waals surface area (Å²) in [5.74, 6) is 0. The summed E-state index contributed by atoms with van der Waals surface area (Å²) < 4.78 is 0. The predicted molar refractivity (Wildman–Crippen MR) is 124 cm³/mol. The van der Waals surface area contributed by atoms with Crippen molar-refractivity contribution in [3.8, 4) is 0 Å². The molecule has 0 radical (unpaired) electrons.